The number of amides is 2. The third-order valence-corrected chi connectivity index (χ3v) is 3.37. The zero-order valence-electron chi connectivity index (χ0n) is 9.55. The largest absolute Gasteiger partial charge is 0.376 e. The van der Waals surface area contributed by atoms with E-state index < -0.39 is 0 Å². The predicted molar refractivity (Wildman–Crippen MR) is 60.8 cm³/mol. The molecule has 0 aromatic heterocycles. The Labute approximate surface area is 99.2 Å². The van der Waals surface area contributed by atoms with Crippen LogP contribution >= 0.6 is 0 Å². The average molecular weight is 231 g/mol. The normalized spacial score (nSPS) is 27.7. The Morgan fingerprint density at radius 2 is 1.76 bits per heavy atom. The minimum Gasteiger partial charge on any atom is -0.376 e. The van der Waals surface area contributed by atoms with Crippen molar-refractivity contribution in [2.75, 3.05) is 6.61 Å². The van der Waals surface area contributed by atoms with Gasteiger partial charge in [0.1, 0.15) is 0 Å². The number of fused-ring (bicyclic) bond motifs is 1. The molecule has 0 bridgehead atoms. The first-order valence-corrected chi connectivity index (χ1v) is 5.77. The summed E-state index contributed by atoms with van der Waals surface area (Å²) in [7, 11) is 0. The van der Waals surface area contributed by atoms with Crippen molar-refractivity contribution >= 4 is 11.8 Å². The second kappa shape index (κ2) is 3.67. The van der Waals surface area contributed by atoms with E-state index in [4.69, 9.17) is 4.74 Å². The van der Waals surface area contributed by atoms with Gasteiger partial charge in [0, 0.05) is 0 Å². The molecule has 1 aromatic rings. The first kappa shape index (κ1) is 10.5. The Morgan fingerprint density at radius 3 is 2.24 bits per heavy atom. The molecule has 1 aromatic carbocycles. The van der Waals surface area contributed by atoms with Crippen molar-refractivity contribution in [1.29, 1.82) is 0 Å². The van der Waals surface area contributed by atoms with Gasteiger partial charge in [-0.05, 0) is 25.5 Å². The molecule has 4 heteroatoms. The van der Waals surface area contributed by atoms with E-state index in [1.807, 2.05) is 6.92 Å². The standard InChI is InChI=1S/C13H13NO3/c1-8-6-9(7-17-8)14-12(15)10-4-2-3-5-11(10)13(14)16/h2-5,8-9H,6-7H2,1H3/t8?,9-/m0/s1. The number of ether oxygens (including phenoxy) is 1. The summed E-state index contributed by atoms with van der Waals surface area (Å²) in [4.78, 5) is 25.7. The lowest BCUT2D eigenvalue weighted by Crippen LogP contribution is -2.40. The summed E-state index contributed by atoms with van der Waals surface area (Å²) >= 11 is 0. The molecule has 0 aliphatic carbocycles. The molecule has 2 heterocycles. The topological polar surface area (TPSA) is 46.6 Å². The highest BCUT2D eigenvalue weighted by Gasteiger charge is 2.42. The van der Waals surface area contributed by atoms with Crippen LogP contribution in [-0.2, 0) is 4.74 Å². The second-order valence-electron chi connectivity index (χ2n) is 4.56. The summed E-state index contributed by atoms with van der Waals surface area (Å²) in [6.07, 6.45) is 0.843. The SMILES string of the molecule is CC1C[C@H](N2C(=O)c3ccccc3C2=O)CO1. The van der Waals surface area contributed by atoms with Gasteiger partial charge >= 0.3 is 0 Å². The number of imide groups is 1. The molecule has 2 amide bonds. The van der Waals surface area contributed by atoms with Crippen LogP contribution in [0.2, 0.25) is 0 Å². The van der Waals surface area contributed by atoms with Gasteiger partial charge < -0.3 is 4.74 Å². The molecule has 17 heavy (non-hydrogen) atoms. The molecule has 0 N–H and O–H groups in total. The maximum Gasteiger partial charge on any atom is 0.261 e. The molecule has 0 spiro atoms. The summed E-state index contributed by atoms with van der Waals surface area (Å²) in [6, 6.07) is 6.85. The third kappa shape index (κ3) is 1.48. The van der Waals surface area contributed by atoms with Gasteiger partial charge in [-0.2, -0.15) is 0 Å². The molecular weight excluding hydrogens is 218 g/mol. The van der Waals surface area contributed by atoms with Gasteiger partial charge in [-0.15, -0.1) is 0 Å². The number of carbonyl (C=O) groups excluding carboxylic acids is 2. The minimum absolute atomic E-state index is 0.114. The summed E-state index contributed by atoms with van der Waals surface area (Å²) in [5, 5.41) is 0. The van der Waals surface area contributed by atoms with Gasteiger partial charge in [-0.3, -0.25) is 14.5 Å². The molecule has 4 nitrogen and oxygen atoms in total. The zero-order valence-corrected chi connectivity index (χ0v) is 9.55. The highest BCUT2D eigenvalue weighted by molar-refractivity contribution is 6.21. The van der Waals surface area contributed by atoms with Crippen LogP contribution in [0.1, 0.15) is 34.1 Å². The summed E-state index contributed by atoms with van der Waals surface area (Å²) in [6.45, 7) is 2.41. The molecule has 0 saturated carbocycles. The number of nitrogens with zero attached hydrogens (tertiary/aromatic N) is 1. The van der Waals surface area contributed by atoms with Crippen molar-refractivity contribution in [3.63, 3.8) is 0 Å². The summed E-state index contributed by atoms with van der Waals surface area (Å²) in [5.41, 5.74) is 1.02. The van der Waals surface area contributed by atoms with Gasteiger partial charge in [0.15, 0.2) is 0 Å². The first-order valence-electron chi connectivity index (χ1n) is 5.77. The molecule has 2 atom stereocenters. The highest BCUT2D eigenvalue weighted by Crippen LogP contribution is 2.28. The molecule has 0 radical (unpaired) electrons. The molecule has 1 unspecified atom stereocenters. The Balaban J connectivity index is 1.95. The van der Waals surface area contributed by atoms with Crippen LogP contribution < -0.4 is 0 Å². The van der Waals surface area contributed by atoms with Crippen LogP contribution in [0.4, 0.5) is 0 Å². The van der Waals surface area contributed by atoms with Crippen LogP contribution in [0.5, 0.6) is 0 Å². The zero-order chi connectivity index (χ0) is 12.0. The lowest BCUT2D eigenvalue weighted by molar-refractivity contribution is 0.0555. The van der Waals surface area contributed by atoms with E-state index in [1.165, 1.54) is 4.90 Å². The van der Waals surface area contributed by atoms with Crippen molar-refractivity contribution in [2.45, 2.75) is 25.5 Å². The lowest BCUT2D eigenvalue weighted by atomic mass is 10.1. The van der Waals surface area contributed by atoms with Gasteiger partial charge in [-0.1, -0.05) is 12.1 Å². The first-order chi connectivity index (χ1) is 8.18. The van der Waals surface area contributed by atoms with Crippen LogP contribution in [0, 0.1) is 0 Å². The molecule has 88 valence electrons. The van der Waals surface area contributed by atoms with Crippen LogP contribution in [-0.4, -0.2) is 35.5 Å². The van der Waals surface area contributed by atoms with Crippen molar-refractivity contribution in [2.24, 2.45) is 0 Å². The van der Waals surface area contributed by atoms with Crippen molar-refractivity contribution < 1.29 is 14.3 Å². The molecule has 3 rings (SSSR count). The predicted octanol–water partition coefficient (Wildman–Crippen LogP) is 1.46. The van der Waals surface area contributed by atoms with E-state index in [0.717, 1.165) is 6.42 Å². The fourth-order valence-corrected chi connectivity index (χ4v) is 2.51. The van der Waals surface area contributed by atoms with Gasteiger partial charge in [-0.25, -0.2) is 0 Å². The Bertz CT molecular complexity index is 462. The van der Waals surface area contributed by atoms with E-state index in [1.54, 1.807) is 24.3 Å². The Hall–Kier alpha value is -1.68. The molecule has 2 aliphatic rings. The number of carbonyl (C=O) groups is 2. The van der Waals surface area contributed by atoms with Crippen molar-refractivity contribution in [3.05, 3.63) is 35.4 Å². The van der Waals surface area contributed by atoms with Crippen LogP contribution in [0.3, 0.4) is 0 Å². The number of benzene rings is 1. The molecular formula is C13H13NO3. The van der Waals surface area contributed by atoms with Gasteiger partial charge in [0.05, 0.1) is 29.9 Å². The number of hydrogen-bond donors (Lipinski definition) is 0. The van der Waals surface area contributed by atoms with Crippen LogP contribution in [0.25, 0.3) is 0 Å². The smallest absolute Gasteiger partial charge is 0.261 e. The highest BCUT2D eigenvalue weighted by atomic mass is 16.5. The Kier molecular flexibility index (Phi) is 2.26. The van der Waals surface area contributed by atoms with Crippen molar-refractivity contribution in [3.8, 4) is 0 Å². The van der Waals surface area contributed by atoms with E-state index in [9.17, 15) is 9.59 Å². The second-order valence-corrected chi connectivity index (χ2v) is 4.56. The minimum atomic E-state index is -0.187. The van der Waals surface area contributed by atoms with Crippen LogP contribution in [0.15, 0.2) is 24.3 Å². The molecule has 2 aliphatic heterocycles. The van der Waals surface area contributed by atoms with E-state index in [-0.39, 0.29) is 24.0 Å². The quantitative estimate of drug-likeness (QED) is 0.687. The fourth-order valence-electron chi connectivity index (χ4n) is 2.51. The van der Waals surface area contributed by atoms with Gasteiger partial charge in [0.25, 0.3) is 11.8 Å². The van der Waals surface area contributed by atoms with E-state index >= 15 is 0 Å². The van der Waals surface area contributed by atoms with E-state index in [2.05, 4.69) is 0 Å². The Morgan fingerprint density at radius 1 is 1.18 bits per heavy atom. The third-order valence-electron chi connectivity index (χ3n) is 3.37. The average Bonchev–Trinajstić information content (AvgIpc) is 2.84. The number of hydrogen-bond acceptors (Lipinski definition) is 3. The van der Waals surface area contributed by atoms with E-state index in [0.29, 0.717) is 17.7 Å². The molecule has 1 fully saturated rings. The van der Waals surface area contributed by atoms with Crippen molar-refractivity contribution in [1.82, 2.24) is 4.90 Å². The lowest BCUT2D eigenvalue weighted by Gasteiger charge is -2.20. The summed E-state index contributed by atoms with van der Waals surface area (Å²) < 4.78 is 5.43. The maximum atomic E-state index is 12.2. The van der Waals surface area contributed by atoms with Gasteiger partial charge in [0.2, 0.25) is 0 Å². The monoisotopic (exact) mass is 231 g/mol. The molecule has 1 saturated heterocycles. The maximum absolute atomic E-state index is 12.2. The number of rotatable bonds is 1. The summed E-state index contributed by atoms with van der Waals surface area (Å²) in [5.74, 6) is -0.374. The fraction of sp³-hybridized carbons (Fsp3) is 0.385.